The van der Waals surface area contributed by atoms with Gasteiger partial charge in [0.1, 0.15) is 5.75 Å². The maximum Gasteiger partial charge on any atom is 0.338 e. The highest BCUT2D eigenvalue weighted by Gasteiger charge is 2.35. The van der Waals surface area contributed by atoms with Crippen molar-refractivity contribution >= 4 is 23.6 Å². The summed E-state index contributed by atoms with van der Waals surface area (Å²) in [6.07, 6.45) is 0. The first-order valence-electron chi connectivity index (χ1n) is 7.84. The summed E-state index contributed by atoms with van der Waals surface area (Å²) in [5, 5.41) is 5.25. The minimum absolute atomic E-state index is 0.0618. The molecule has 0 saturated carbocycles. The number of esters is 1. The predicted octanol–water partition coefficient (Wildman–Crippen LogP) is 2.12. The molecule has 1 heterocycles. The second-order valence-corrected chi connectivity index (χ2v) is 5.49. The third-order valence-corrected chi connectivity index (χ3v) is 4.10. The number of benzene rings is 1. The molecule has 26 heavy (non-hydrogen) atoms. The Labute approximate surface area is 156 Å². The van der Waals surface area contributed by atoms with Crippen molar-refractivity contribution in [2.24, 2.45) is 0 Å². The van der Waals surface area contributed by atoms with Crippen molar-refractivity contribution < 1.29 is 28.5 Å². The lowest BCUT2D eigenvalue weighted by atomic mass is 9.94. The fourth-order valence-electron chi connectivity index (χ4n) is 2.68. The number of nitrogens with one attached hydrogen (secondary N) is 2. The van der Waals surface area contributed by atoms with E-state index in [4.69, 9.17) is 30.5 Å². The highest BCUT2D eigenvalue weighted by molar-refractivity contribution is 6.20. The minimum Gasteiger partial charge on any atom is -0.496 e. The zero-order valence-corrected chi connectivity index (χ0v) is 15.7. The molecule has 0 fully saturated rings. The lowest BCUT2D eigenvalue weighted by molar-refractivity contribution is -0.139. The van der Waals surface area contributed by atoms with E-state index < -0.39 is 18.0 Å². The molecular weight excluding hydrogens is 364 g/mol. The van der Waals surface area contributed by atoms with Crippen LogP contribution >= 0.6 is 11.6 Å². The zero-order valence-electron chi connectivity index (χ0n) is 15.0. The number of carbonyl (C=O) groups excluding carboxylic acids is 2. The van der Waals surface area contributed by atoms with E-state index in [1.807, 2.05) is 0 Å². The van der Waals surface area contributed by atoms with Crippen molar-refractivity contribution in [3.63, 3.8) is 0 Å². The molecule has 0 aliphatic carbocycles. The SMILES string of the molecule is CCOC(=O)C1=C(CCl)NC(=O)NC1c1cc(OC)c(OC)cc1OC. The van der Waals surface area contributed by atoms with Gasteiger partial charge in [0.2, 0.25) is 0 Å². The van der Waals surface area contributed by atoms with Gasteiger partial charge in [-0.1, -0.05) is 0 Å². The molecule has 9 heteroatoms. The molecule has 1 unspecified atom stereocenters. The molecule has 0 aromatic heterocycles. The number of hydrogen-bond acceptors (Lipinski definition) is 6. The Bertz CT molecular complexity index is 734. The molecule has 142 valence electrons. The van der Waals surface area contributed by atoms with Gasteiger partial charge >= 0.3 is 12.0 Å². The zero-order chi connectivity index (χ0) is 19.3. The molecule has 0 radical (unpaired) electrons. The van der Waals surface area contributed by atoms with Crippen LogP contribution in [0.25, 0.3) is 0 Å². The topological polar surface area (TPSA) is 95.1 Å². The molecule has 2 N–H and O–H groups in total. The van der Waals surface area contributed by atoms with Crippen LogP contribution in [0.5, 0.6) is 17.2 Å². The van der Waals surface area contributed by atoms with Gasteiger partial charge in [0.05, 0.1) is 45.4 Å². The number of urea groups is 1. The normalized spacial score (nSPS) is 16.5. The number of alkyl halides is 1. The van der Waals surface area contributed by atoms with Crippen molar-refractivity contribution in [1.29, 1.82) is 0 Å². The summed E-state index contributed by atoms with van der Waals surface area (Å²) in [5.74, 6) is 0.635. The first kappa shape index (κ1) is 19.7. The van der Waals surface area contributed by atoms with Crippen molar-refractivity contribution in [3.8, 4) is 17.2 Å². The van der Waals surface area contributed by atoms with E-state index in [9.17, 15) is 9.59 Å². The van der Waals surface area contributed by atoms with E-state index in [0.717, 1.165) is 0 Å². The quantitative estimate of drug-likeness (QED) is 0.552. The van der Waals surface area contributed by atoms with E-state index in [0.29, 0.717) is 22.8 Å². The molecule has 1 aliphatic rings. The molecule has 2 rings (SSSR count). The summed E-state index contributed by atoms with van der Waals surface area (Å²) in [7, 11) is 4.46. The summed E-state index contributed by atoms with van der Waals surface area (Å²) in [6, 6.07) is 1.94. The third kappa shape index (κ3) is 3.80. The average Bonchev–Trinajstić information content (AvgIpc) is 2.65. The third-order valence-electron chi connectivity index (χ3n) is 3.83. The lowest BCUT2D eigenvalue weighted by Gasteiger charge is -2.30. The Morgan fingerprint density at radius 2 is 1.73 bits per heavy atom. The maximum absolute atomic E-state index is 12.5. The van der Waals surface area contributed by atoms with Gasteiger partial charge < -0.3 is 29.6 Å². The molecule has 2 amide bonds. The van der Waals surface area contributed by atoms with Gasteiger partial charge in [-0.3, -0.25) is 0 Å². The second kappa shape index (κ2) is 8.66. The largest absolute Gasteiger partial charge is 0.496 e. The van der Waals surface area contributed by atoms with Crippen molar-refractivity contribution in [1.82, 2.24) is 10.6 Å². The Kier molecular flexibility index (Phi) is 6.57. The molecule has 1 aliphatic heterocycles. The van der Waals surface area contributed by atoms with E-state index in [-0.39, 0.29) is 23.8 Å². The van der Waals surface area contributed by atoms with Crippen molar-refractivity contribution in [2.45, 2.75) is 13.0 Å². The van der Waals surface area contributed by atoms with Crippen LogP contribution in [0.1, 0.15) is 18.5 Å². The van der Waals surface area contributed by atoms with Crippen LogP contribution in [0.2, 0.25) is 0 Å². The predicted molar refractivity (Wildman–Crippen MR) is 94.9 cm³/mol. The highest BCUT2D eigenvalue weighted by atomic mass is 35.5. The molecule has 1 aromatic rings. The summed E-state index contributed by atoms with van der Waals surface area (Å²) < 4.78 is 21.1. The fourth-order valence-corrected chi connectivity index (χ4v) is 2.90. The number of hydrogen-bond donors (Lipinski definition) is 2. The van der Waals surface area contributed by atoms with Crippen LogP contribution in [0.3, 0.4) is 0 Å². The lowest BCUT2D eigenvalue weighted by Crippen LogP contribution is -2.46. The minimum atomic E-state index is -0.827. The Morgan fingerprint density at radius 3 is 2.27 bits per heavy atom. The molecule has 1 atom stereocenters. The number of ether oxygens (including phenoxy) is 4. The molecule has 8 nitrogen and oxygen atoms in total. The van der Waals surface area contributed by atoms with Crippen LogP contribution in [0, 0.1) is 0 Å². The highest BCUT2D eigenvalue weighted by Crippen LogP contribution is 2.40. The molecule has 0 bridgehead atoms. The summed E-state index contributed by atoms with van der Waals surface area (Å²) in [6.45, 7) is 1.88. The van der Waals surface area contributed by atoms with Gasteiger partial charge in [-0.15, -0.1) is 11.6 Å². The Hall–Kier alpha value is -2.61. The van der Waals surface area contributed by atoms with Crippen LogP contribution in [0.15, 0.2) is 23.4 Å². The van der Waals surface area contributed by atoms with E-state index in [1.54, 1.807) is 19.1 Å². The van der Waals surface area contributed by atoms with Gasteiger partial charge in [0.25, 0.3) is 0 Å². The Morgan fingerprint density at radius 1 is 1.12 bits per heavy atom. The smallest absolute Gasteiger partial charge is 0.338 e. The van der Waals surface area contributed by atoms with Gasteiger partial charge in [-0.05, 0) is 13.0 Å². The van der Waals surface area contributed by atoms with Crippen molar-refractivity contribution in [3.05, 3.63) is 29.0 Å². The van der Waals surface area contributed by atoms with Crippen LogP contribution in [0.4, 0.5) is 4.79 Å². The van der Waals surface area contributed by atoms with Gasteiger partial charge in [-0.25, -0.2) is 9.59 Å². The number of rotatable bonds is 7. The van der Waals surface area contributed by atoms with Gasteiger partial charge in [0.15, 0.2) is 11.5 Å². The maximum atomic E-state index is 12.5. The first-order chi connectivity index (χ1) is 12.5. The number of allylic oxidation sites excluding steroid dienone is 1. The van der Waals surface area contributed by atoms with Crippen molar-refractivity contribution in [2.75, 3.05) is 33.8 Å². The molecule has 0 saturated heterocycles. The van der Waals surface area contributed by atoms with Crippen LogP contribution in [-0.2, 0) is 9.53 Å². The summed E-state index contributed by atoms with van der Waals surface area (Å²) in [4.78, 5) is 24.6. The van der Waals surface area contributed by atoms with Crippen LogP contribution in [-0.4, -0.2) is 45.8 Å². The second-order valence-electron chi connectivity index (χ2n) is 5.23. The average molecular weight is 385 g/mol. The van der Waals surface area contributed by atoms with E-state index in [1.165, 1.54) is 21.3 Å². The Balaban J connectivity index is 2.66. The van der Waals surface area contributed by atoms with E-state index >= 15 is 0 Å². The van der Waals surface area contributed by atoms with Crippen LogP contribution < -0.4 is 24.8 Å². The van der Waals surface area contributed by atoms with Gasteiger partial charge in [0, 0.05) is 17.3 Å². The monoisotopic (exact) mass is 384 g/mol. The first-order valence-corrected chi connectivity index (χ1v) is 8.37. The molecular formula is C17H21ClN2O6. The number of halogens is 1. The number of amides is 2. The standard InChI is InChI=1S/C17H21ClN2O6/c1-5-26-16(21)14-10(8-18)19-17(22)20-15(14)9-6-12(24-3)13(25-4)7-11(9)23-2/h6-7,15H,5,8H2,1-4H3,(H2,19,20,22). The van der Waals surface area contributed by atoms with E-state index in [2.05, 4.69) is 10.6 Å². The molecule has 1 aromatic carbocycles. The van der Waals surface area contributed by atoms with Gasteiger partial charge in [-0.2, -0.15) is 0 Å². The number of carbonyl (C=O) groups is 2. The molecule has 0 spiro atoms. The number of methoxy groups -OCH3 is 3. The fraction of sp³-hybridized carbons (Fsp3) is 0.412. The summed E-state index contributed by atoms with van der Waals surface area (Å²) in [5.41, 5.74) is 0.980. The summed E-state index contributed by atoms with van der Waals surface area (Å²) >= 11 is 5.93.